The maximum Gasteiger partial charge on any atom is 0.139 e. The molecule has 0 spiro atoms. The highest BCUT2D eigenvalue weighted by Crippen LogP contribution is 2.51. The monoisotopic (exact) mass is 432 g/mol. The Hall–Kier alpha value is -0.220. The molecular weight excluding hydrogens is 425 g/mol. The molecule has 124 valence electrons. The molecule has 0 aromatic heterocycles. The SMILES string of the molecule is CCC(c1c(O)c(Cl)cc(Cl)c1Cl)c1c(O)c(Cl)cc(Cl)c1Cl. The number of hydrogen-bond acceptors (Lipinski definition) is 2. The summed E-state index contributed by atoms with van der Waals surface area (Å²) in [5, 5.41) is 21.3. The summed E-state index contributed by atoms with van der Waals surface area (Å²) in [6.45, 7) is 1.82. The van der Waals surface area contributed by atoms with E-state index in [1.807, 2.05) is 6.92 Å². The van der Waals surface area contributed by atoms with Gasteiger partial charge in [-0.15, -0.1) is 0 Å². The quantitative estimate of drug-likeness (QED) is 0.489. The van der Waals surface area contributed by atoms with Crippen LogP contribution in [-0.4, -0.2) is 10.2 Å². The van der Waals surface area contributed by atoms with Crippen molar-refractivity contribution >= 4 is 69.6 Å². The highest BCUT2D eigenvalue weighted by atomic mass is 35.5. The van der Waals surface area contributed by atoms with Crippen LogP contribution in [0.15, 0.2) is 12.1 Å². The fraction of sp³-hybridized carbons (Fsp3) is 0.200. The van der Waals surface area contributed by atoms with Crippen LogP contribution in [0.4, 0.5) is 0 Å². The highest BCUT2D eigenvalue weighted by molar-refractivity contribution is 6.45. The molecule has 0 aliphatic carbocycles. The fourth-order valence-electron chi connectivity index (χ4n) is 2.40. The summed E-state index contributed by atoms with van der Waals surface area (Å²) in [7, 11) is 0. The van der Waals surface area contributed by atoms with E-state index in [-0.39, 0.29) is 52.8 Å². The Morgan fingerprint density at radius 3 is 1.39 bits per heavy atom. The summed E-state index contributed by atoms with van der Waals surface area (Å²) in [4.78, 5) is 0. The predicted molar refractivity (Wildman–Crippen MR) is 98.4 cm³/mol. The Morgan fingerprint density at radius 1 is 0.739 bits per heavy atom. The molecule has 0 fully saturated rings. The second-order valence-corrected chi connectivity index (χ2v) is 7.18. The molecule has 0 saturated carbocycles. The minimum Gasteiger partial charge on any atom is -0.506 e. The van der Waals surface area contributed by atoms with E-state index in [0.29, 0.717) is 6.42 Å². The van der Waals surface area contributed by atoms with Gasteiger partial charge in [0.2, 0.25) is 0 Å². The van der Waals surface area contributed by atoms with Crippen LogP contribution in [0.5, 0.6) is 11.5 Å². The van der Waals surface area contributed by atoms with Gasteiger partial charge in [0.05, 0.1) is 30.1 Å². The summed E-state index contributed by atoms with van der Waals surface area (Å²) >= 11 is 36.5. The molecule has 0 aliphatic rings. The average Bonchev–Trinajstić information content (AvgIpc) is 2.49. The molecule has 0 bridgehead atoms. The second kappa shape index (κ2) is 7.35. The molecule has 2 N–H and O–H groups in total. The lowest BCUT2D eigenvalue weighted by Gasteiger charge is -2.23. The number of benzene rings is 2. The minimum atomic E-state index is -0.609. The summed E-state index contributed by atoms with van der Waals surface area (Å²) in [5.41, 5.74) is 0.504. The average molecular weight is 435 g/mol. The Labute approximate surface area is 163 Å². The Morgan fingerprint density at radius 2 is 1.09 bits per heavy atom. The zero-order valence-corrected chi connectivity index (χ0v) is 16.1. The lowest BCUT2D eigenvalue weighted by atomic mass is 9.87. The van der Waals surface area contributed by atoms with Gasteiger partial charge in [0.25, 0.3) is 0 Å². The normalized spacial score (nSPS) is 11.3. The van der Waals surface area contributed by atoms with Crippen molar-refractivity contribution in [1.29, 1.82) is 0 Å². The van der Waals surface area contributed by atoms with Crippen molar-refractivity contribution in [3.05, 3.63) is 53.4 Å². The van der Waals surface area contributed by atoms with E-state index in [1.54, 1.807) is 0 Å². The van der Waals surface area contributed by atoms with Crippen LogP contribution in [0.25, 0.3) is 0 Å². The van der Waals surface area contributed by atoms with Crippen molar-refractivity contribution in [1.82, 2.24) is 0 Å². The Bertz CT molecular complexity index is 660. The van der Waals surface area contributed by atoms with Crippen LogP contribution in [0.2, 0.25) is 30.1 Å². The number of phenols is 2. The molecule has 0 amide bonds. The van der Waals surface area contributed by atoms with E-state index in [2.05, 4.69) is 0 Å². The Kier molecular flexibility index (Phi) is 6.10. The summed E-state index contributed by atoms with van der Waals surface area (Å²) in [5.74, 6) is -1.08. The summed E-state index contributed by atoms with van der Waals surface area (Å²) in [6, 6.07) is 2.67. The third-order valence-electron chi connectivity index (χ3n) is 3.47. The molecule has 2 nitrogen and oxygen atoms in total. The van der Waals surface area contributed by atoms with Gasteiger partial charge in [-0.3, -0.25) is 0 Å². The molecule has 0 saturated heterocycles. The Balaban J connectivity index is 2.83. The lowest BCUT2D eigenvalue weighted by Crippen LogP contribution is -2.04. The van der Waals surface area contributed by atoms with Gasteiger partial charge in [-0.05, 0) is 18.6 Å². The van der Waals surface area contributed by atoms with E-state index >= 15 is 0 Å². The second-order valence-electron chi connectivity index (χ2n) is 4.79. The largest absolute Gasteiger partial charge is 0.506 e. The van der Waals surface area contributed by atoms with Gasteiger partial charge < -0.3 is 10.2 Å². The molecule has 2 rings (SSSR count). The van der Waals surface area contributed by atoms with Gasteiger partial charge in [0.1, 0.15) is 11.5 Å². The van der Waals surface area contributed by atoms with Crippen LogP contribution in [0.1, 0.15) is 30.4 Å². The highest BCUT2D eigenvalue weighted by Gasteiger charge is 2.29. The van der Waals surface area contributed by atoms with Gasteiger partial charge in [0.15, 0.2) is 0 Å². The van der Waals surface area contributed by atoms with E-state index in [4.69, 9.17) is 69.6 Å². The molecule has 2 aromatic rings. The number of hydrogen-bond donors (Lipinski definition) is 2. The van der Waals surface area contributed by atoms with E-state index in [9.17, 15) is 10.2 Å². The van der Waals surface area contributed by atoms with Crippen LogP contribution in [-0.2, 0) is 0 Å². The lowest BCUT2D eigenvalue weighted by molar-refractivity contribution is 0.453. The van der Waals surface area contributed by atoms with Gasteiger partial charge in [-0.25, -0.2) is 0 Å². The first-order valence-corrected chi connectivity index (χ1v) is 8.70. The topological polar surface area (TPSA) is 40.5 Å². The standard InChI is InChI=1S/C15H10Cl6O2/c1-2-5(10-12(20)6(16)3-8(18)14(10)22)11-13(21)7(17)4-9(19)15(11)23/h3-5,22-23H,2H2,1H3. The minimum absolute atomic E-state index is 0.0385. The zero-order valence-electron chi connectivity index (χ0n) is 11.6. The van der Waals surface area contributed by atoms with Crippen molar-refractivity contribution in [3.63, 3.8) is 0 Å². The molecule has 0 heterocycles. The smallest absolute Gasteiger partial charge is 0.139 e. The molecule has 8 heteroatoms. The van der Waals surface area contributed by atoms with Crippen molar-refractivity contribution in [3.8, 4) is 11.5 Å². The fourth-order valence-corrected chi connectivity index (χ4v) is 3.90. The first kappa shape index (κ1) is 19.1. The summed E-state index contributed by atoms with van der Waals surface area (Å²) in [6.07, 6.45) is 0.425. The third-order valence-corrected chi connectivity index (χ3v) is 5.65. The molecule has 0 aliphatic heterocycles. The van der Waals surface area contributed by atoms with E-state index in [0.717, 1.165) is 0 Å². The van der Waals surface area contributed by atoms with Crippen molar-refractivity contribution in [2.75, 3.05) is 0 Å². The first-order chi connectivity index (χ1) is 10.7. The number of rotatable bonds is 3. The number of halogens is 6. The molecule has 0 radical (unpaired) electrons. The van der Waals surface area contributed by atoms with Crippen LogP contribution < -0.4 is 0 Å². The third kappa shape index (κ3) is 3.44. The molecule has 0 unspecified atom stereocenters. The van der Waals surface area contributed by atoms with Gasteiger partial charge in [-0.2, -0.15) is 0 Å². The van der Waals surface area contributed by atoms with Crippen molar-refractivity contribution in [2.24, 2.45) is 0 Å². The van der Waals surface area contributed by atoms with E-state index in [1.165, 1.54) is 12.1 Å². The number of aromatic hydroxyl groups is 2. The number of phenolic OH excluding ortho intramolecular Hbond substituents is 2. The zero-order chi connectivity index (χ0) is 17.5. The maximum atomic E-state index is 10.3. The van der Waals surface area contributed by atoms with Crippen LogP contribution >= 0.6 is 69.6 Å². The maximum absolute atomic E-state index is 10.3. The first-order valence-electron chi connectivity index (χ1n) is 6.43. The van der Waals surface area contributed by atoms with Gasteiger partial charge in [0, 0.05) is 17.0 Å². The van der Waals surface area contributed by atoms with E-state index < -0.39 is 5.92 Å². The molecule has 0 atom stereocenters. The molecule has 23 heavy (non-hydrogen) atoms. The van der Waals surface area contributed by atoms with Crippen molar-refractivity contribution < 1.29 is 10.2 Å². The van der Waals surface area contributed by atoms with Gasteiger partial charge >= 0.3 is 0 Å². The van der Waals surface area contributed by atoms with Gasteiger partial charge in [-0.1, -0.05) is 76.5 Å². The molecule has 2 aromatic carbocycles. The van der Waals surface area contributed by atoms with Crippen molar-refractivity contribution in [2.45, 2.75) is 19.3 Å². The summed E-state index contributed by atoms with van der Waals surface area (Å²) < 4.78 is 0. The predicted octanol–water partition coefficient (Wildman–Crippen LogP) is 7.56. The van der Waals surface area contributed by atoms with Crippen LogP contribution in [0, 0.1) is 0 Å². The molecular formula is C15H10Cl6O2. The van der Waals surface area contributed by atoms with Crippen LogP contribution in [0.3, 0.4) is 0 Å².